The first-order valence-corrected chi connectivity index (χ1v) is 8.30. The van der Waals surface area contributed by atoms with Crippen LogP contribution in [0.25, 0.3) is 0 Å². The molecule has 0 heterocycles. The van der Waals surface area contributed by atoms with Crippen molar-refractivity contribution in [1.29, 1.82) is 0 Å². The summed E-state index contributed by atoms with van der Waals surface area (Å²) in [5, 5.41) is 6.35. The van der Waals surface area contributed by atoms with Crippen LogP contribution < -0.4 is 10.6 Å². The molecule has 3 nitrogen and oxygen atoms in total. The van der Waals surface area contributed by atoms with Crippen LogP contribution in [0.1, 0.15) is 43.1 Å². The topological polar surface area (TPSA) is 41.1 Å². The minimum absolute atomic E-state index is 0.00516. The highest BCUT2D eigenvalue weighted by Crippen LogP contribution is 2.21. The first kappa shape index (κ1) is 16.9. The SMILES string of the molecule is CCCNc1ccc(C)cc1C(=O)NCC(C)(C)SC. The number of carbonyl (C=O) groups is 1. The molecule has 0 aliphatic rings. The second-order valence-electron chi connectivity index (χ2n) is 5.62. The molecule has 2 N–H and O–H groups in total. The number of amides is 1. The maximum atomic E-state index is 12.4. The molecule has 112 valence electrons. The Balaban J connectivity index is 2.82. The van der Waals surface area contributed by atoms with E-state index in [-0.39, 0.29) is 10.7 Å². The van der Waals surface area contributed by atoms with Crippen LogP contribution in [0.2, 0.25) is 0 Å². The highest BCUT2D eigenvalue weighted by atomic mass is 32.2. The van der Waals surface area contributed by atoms with Crippen LogP contribution in [0.4, 0.5) is 5.69 Å². The number of benzene rings is 1. The minimum Gasteiger partial charge on any atom is -0.384 e. The smallest absolute Gasteiger partial charge is 0.253 e. The van der Waals surface area contributed by atoms with Gasteiger partial charge in [-0.25, -0.2) is 0 Å². The Labute approximate surface area is 126 Å². The van der Waals surface area contributed by atoms with E-state index in [1.165, 1.54) is 0 Å². The number of hydrogen-bond donors (Lipinski definition) is 2. The Hall–Kier alpha value is -1.16. The molecule has 1 amide bonds. The van der Waals surface area contributed by atoms with Gasteiger partial charge in [0.2, 0.25) is 0 Å². The van der Waals surface area contributed by atoms with E-state index in [9.17, 15) is 4.79 Å². The summed E-state index contributed by atoms with van der Waals surface area (Å²) in [6.45, 7) is 9.91. The number of carbonyl (C=O) groups excluding carboxylic acids is 1. The van der Waals surface area contributed by atoms with Crippen LogP contribution >= 0.6 is 11.8 Å². The fraction of sp³-hybridized carbons (Fsp3) is 0.562. The lowest BCUT2D eigenvalue weighted by molar-refractivity contribution is 0.0951. The van der Waals surface area contributed by atoms with Crippen molar-refractivity contribution in [2.75, 3.05) is 24.7 Å². The third-order valence-electron chi connectivity index (χ3n) is 3.21. The predicted octanol–water partition coefficient (Wildman–Crippen LogP) is 3.69. The number of hydrogen-bond acceptors (Lipinski definition) is 3. The summed E-state index contributed by atoms with van der Waals surface area (Å²) in [7, 11) is 0. The average Bonchev–Trinajstić information content (AvgIpc) is 2.43. The van der Waals surface area contributed by atoms with E-state index in [0.29, 0.717) is 6.54 Å². The Morgan fingerprint density at radius 3 is 2.65 bits per heavy atom. The van der Waals surface area contributed by atoms with E-state index in [2.05, 4.69) is 37.7 Å². The molecule has 0 atom stereocenters. The van der Waals surface area contributed by atoms with Crippen molar-refractivity contribution < 1.29 is 4.79 Å². The van der Waals surface area contributed by atoms with Crippen molar-refractivity contribution in [3.8, 4) is 0 Å². The molecule has 0 spiro atoms. The maximum absolute atomic E-state index is 12.4. The Bertz CT molecular complexity index is 458. The first-order valence-electron chi connectivity index (χ1n) is 7.07. The number of rotatable bonds is 7. The highest BCUT2D eigenvalue weighted by Gasteiger charge is 2.18. The third kappa shape index (κ3) is 5.08. The van der Waals surface area contributed by atoms with Crippen molar-refractivity contribution in [1.82, 2.24) is 5.32 Å². The van der Waals surface area contributed by atoms with E-state index < -0.39 is 0 Å². The molecule has 0 unspecified atom stereocenters. The van der Waals surface area contributed by atoms with Gasteiger partial charge in [-0.05, 0) is 45.6 Å². The van der Waals surface area contributed by atoms with Gasteiger partial charge in [-0.1, -0.05) is 18.6 Å². The van der Waals surface area contributed by atoms with Gasteiger partial charge in [0.1, 0.15) is 0 Å². The van der Waals surface area contributed by atoms with E-state index >= 15 is 0 Å². The van der Waals surface area contributed by atoms with Gasteiger partial charge in [-0.2, -0.15) is 11.8 Å². The lowest BCUT2D eigenvalue weighted by Crippen LogP contribution is -2.36. The zero-order valence-electron chi connectivity index (χ0n) is 13.2. The minimum atomic E-state index is -0.00516. The molecule has 0 saturated heterocycles. The van der Waals surface area contributed by atoms with Crippen LogP contribution in [0.15, 0.2) is 18.2 Å². The monoisotopic (exact) mass is 294 g/mol. The molecule has 4 heteroatoms. The van der Waals surface area contributed by atoms with Gasteiger partial charge in [-0.15, -0.1) is 0 Å². The van der Waals surface area contributed by atoms with E-state index in [1.807, 2.05) is 25.1 Å². The molecular formula is C16H26N2OS. The maximum Gasteiger partial charge on any atom is 0.253 e. The van der Waals surface area contributed by atoms with E-state index in [0.717, 1.165) is 29.8 Å². The van der Waals surface area contributed by atoms with Crippen molar-refractivity contribution in [2.24, 2.45) is 0 Å². The fourth-order valence-electron chi connectivity index (χ4n) is 1.72. The van der Waals surface area contributed by atoms with Crippen LogP contribution in [0.5, 0.6) is 0 Å². The first-order chi connectivity index (χ1) is 9.39. The molecule has 0 fully saturated rings. The van der Waals surface area contributed by atoms with Crippen LogP contribution in [-0.4, -0.2) is 30.0 Å². The van der Waals surface area contributed by atoms with Crippen molar-refractivity contribution in [3.63, 3.8) is 0 Å². The summed E-state index contributed by atoms with van der Waals surface area (Å²) >= 11 is 1.76. The summed E-state index contributed by atoms with van der Waals surface area (Å²) in [6.07, 6.45) is 3.10. The molecule has 1 aromatic rings. The second-order valence-corrected chi connectivity index (χ2v) is 7.14. The quantitative estimate of drug-likeness (QED) is 0.806. The number of aryl methyl sites for hydroxylation is 1. The van der Waals surface area contributed by atoms with Gasteiger partial charge in [0.05, 0.1) is 5.56 Å². The molecule has 1 aromatic carbocycles. The Morgan fingerprint density at radius 1 is 1.35 bits per heavy atom. The third-order valence-corrected chi connectivity index (χ3v) is 4.46. The molecule has 0 aromatic heterocycles. The zero-order valence-corrected chi connectivity index (χ0v) is 14.0. The van der Waals surface area contributed by atoms with Gasteiger partial charge < -0.3 is 10.6 Å². The van der Waals surface area contributed by atoms with Crippen molar-refractivity contribution in [2.45, 2.75) is 38.9 Å². The fourth-order valence-corrected chi connectivity index (χ4v) is 1.94. The van der Waals surface area contributed by atoms with Gasteiger partial charge in [0, 0.05) is 23.5 Å². The lowest BCUT2D eigenvalue weighted by atomic mass is 10.1. The number of nitrogens with one attached hydrogen (secondary N) is 2. The zero-order chi connectivity index (χ0) is 15.2. The highest BCUT2D eigenvalue weighted by molar-refractivity contribution is 7.99. The van der Waals surface area contributed by atoms with E-state index in [4.69, 9.17) is 0 Å². The number of thioether (sulfide) groups is 1. The molecule has 0 aliphatic carbocycles. The molecule has 20 heavy (non-hydrogen) atoms. The summed E-state index contributed by atoms with van der Waals surface area (Å²) in [6, 6.07) is 5.96. The normalized spacial score (nSPS) is 11.2. The molecular weight excluding hydrogens is 268 g/mol. The van der Waals surface area contributed by atoms with Crippen LogP contribution in [-0.2, 0) is 0 Å². The Morgan fingerprint density at radius 2 is 2.05 bits per heavy atom. The van der Waals surface area contributed by atoms with Crippen LogP contribution in [0, 0.1) is 6.92 Å². The van der Waals surface area contributed by atoms with Gasteiger partial charge in [-0.3, -0.25) is 4.79 Å². The molecule has 1 rings (SSSR count). The molecule has 0 radical (unpaired) electrons. The molecule has 0 aliphatic heterocycles. The Kier molecular flexibility index (Phi) is 6.40. The van der Waals surface area contributed by atoms with Crippen LogP contribution in [0.3, 0.4) is 0 Å². The summed E-state index contributed by atoms with van der Waals surface area (Å²) in [4.78, 5) is 12.4. The largest absolute Gasteiger partial charge is 0.384 e. The average molecular weight is 294 g/mol. The predicted molar refractivity (Wildman–Crippen MR) is 89.9 cm³/mol. The standard InChI is InChI=1S/C16H26N2OS/c1-6-9-17-14-8-7-12(2)10-13(14)15(19)18-11-16(3,4)20-5/h7-8,10,17H,6,9,11H2,1-5H3,(H,18,19). The molecule has 0 saturated carbocycles. The second kappa shape index (κ2) is 7.58. The summed E-state index contributed by atoms with van der Waals surface area (Å²) in [5.41, 5.74) is 2.74. The number of anilines is 1. The lowest BCUT2D eigenvalue weighted by Gasteiger charge is -2.22. The van der Waals surface area contributed by atoms with E-state index in [1.54, 1.807) is 11.8 Å². The summed E-state index contributed by atoms with van der Waals surface area (Å²) in [5.74, 6) is -0.00516. The van der Waals surface area contributed by atoms with Gasteiger partial charge in [0.15, 0.2) is 0 Å². The summed E-state index contributed by atoms with van der Waals surface area (Å²) < 4.78 is 0.0521. The van der Waals surface area contributed by atoms with Crippen molar-refractivity contribution in [3.05, 3.63) is 29.3 Å². The van der Waals surface area contributed by atoms with Crippen molar-refractivity contribution >= 4 is 23.4 Å². The molecule has 0 bridgehead atoms. The van der Waals surface area contributed by atoms with Gasteiger partial charge in [0.25, 0.3) is 5.91 Å². The van der Waals surface area contributed by atoms with Gasteiger partial charge >= 0.3 is 0 Å².